The molecule has 0 saturated carbocycles. The Bertz CT molecular complexity index is 818. The van der Waals surface area contributed by atoms with Crippen LogP contribution in [0.5, 0.6) is 5.75 Å². The van der Waals surface area contributed by atoms with Crippen molar-refractivity contribution >= 4 is 27.6 Å². The van der Waals surface area contributed by atoms with Gasteiger partial charge in [-0.1, -0.05) is 28.1 Å². The lowest BCUT2D eigenvalue weighted by atomic mass is 10.1. The van der Waals surface area contributed by atoms with E-state index in [9.17, 15) is 0 Å². The molecule has 0 spiro atoms. The maximum Gasteiger partial charge on any atom is 0.211 e. The van der Waals surface area contributed by atoms with Gasteiger partial charge < -0.3 is 16.2 Å². The summed E-state index contributed by atoms with van der Waals surface area (Å²) in [5.41, 5.74) is 13.6. The van der Waals surface area contributed by atoms with E-state index in [1.807, 2.05) is 30.3 Å². The third-order valence-electron chi connectivity index (χ3n) is 3.12. The third kappa shape index (κ3) is 4.83. The molecule has 0 heterocycles. The maximum absolute atomic E-state index is 8.82. The molecule has 0 fully saturated rings. The number of benzene rings is 2. The van der Waals surface area contributed by atoms with Crippen molar-refractivity contribution in [3.63, 3.8) is 0 Å². The molecule has 4 N–H and O–H groups in total. The predicted octanol–water partition coefficient (Wildman–Crippen LogP) is 2.90. The maximum atomic E-state index is 8.82. The Morgan fingerprint density at radius 2 is 1.88 bits per heavy atom. The van der Waals surface area contributed by atoms with Crippen LogP contribution in [-0.2, 0) is 6.61 Å². The average molecular weight is 386 g/mol. The molecule has 2 aromatic rings. The van der Waals surface area contributed by atoms with E-state index < -0.39 is 0 Å². The van der Waals surface area contributed by atoms with Crippen molar-refractivity contribution in [2.75, 3.05) is 0 Å². The zero-order chi connectivity index (χ0) is 17.5. The van der Waals surface area contributed by atoms with Gasteiger partial charge in [-0.3, -0.25) is 0 Å². The number of halogens is 1. The molecule has 24 heavy (non-hydrogen) atoms. The Labute approximate surface area is 148 Å². The first-order chi connectivity index (χ1) is 11.5. The van der Waals surface area contributed by atoms with Crippen LogP contribution in [0.25, 0.3) is 0 Å². The van der Waals surface area contributed by atoms with E-state index in [0.717, 1.165) is 15.6 Å². The van der Waals surface area contributed by atoms with Crippen molar-refractivity contribution in [2.45, 2.75) is 13.5 Å². The van der Waals surface area contributed by atoms with Crippen molar-refractivity contribution in [3.05, 3.63) is 63.6 Å². The summed E-state index contributed by atoms with van der Waals surface area (Å²) >= 11 is 3.43. The first kappa shape index (κ1) is 17.5. The molecular formula is C17H16BrN5O. The fourth-order valence-corrected chi connectivity index (χ4v) is 2.30. The van der Waals surface area contributed by atoms with Crippen LogP contribution in [0.15, 0.2) is 57.1 Å². The molecule has 0 aliphatic carbocycles. The van der Waals surface area contributed by atoms with Crippen molar-refractivity contribution in [3.8, 4) is 11.8 Å². The molecule has 0 bridgehead atoms. The predicted molar refractivity (Wildman–Crippen MR) is 97.7 cm³/mol. The molecule has 0 aliphatic heterocycles. The van der Waals surface area contributed by atoms with Gasteiger partial charge in [0.1, 0.15) is 12.4 Å². The smallest absolute Gasteiger partial charge is 0.211 e. The minimum Gasteiger partial charge on any atom is -0.488 e. The monoisotopic (exact) mass is 385 g/mol. The Morgan fingerprint density at radius 1 is 1.17 bits per heavy atom. The van der Waals surface area contributed by atoms with Crippen LogP contribution in [0.4, 0.5) is 0 Å². The van der Waals surface area contributed by atoms with Gasteiger partial charge in [0.05, 0.1) is 17.3 Å². The van der Waals surface area contributed by atoms with Gasteiger partial charge in [0.15, 0.2) is 0 Å². The van der Waals surface area contributed by atoms with Crippen LogP contribution in [-0.4, -0.2) is 11.7 Å². The minimum atomic E-state index is -0.107. The summed E-state index contributed by atoms with van der Waals surface area (Å²) in [7, 11) is 0. The summed E-state index contributed by atoms with van der Waals surface area (Å²) in [5.74, 6) is 0.555. The second kappa shape index (κ2) is 8.13. The SMILES string of the molecule is C/C(=N\N=C(N)N)c1cc(Br)ccc1OCc1ccc(C#N)cc1. The van der Waals surface area contributed by atoms with Gasteiger partial charge in [0, 0.05) is 10.0 Å². The van der Waals surface area contributed by atoms with Gasteiger partial charge in [0.25, 0.3) is 0 Å². The van der Waals surface area contributed by atoms with E-state index in [1.165, 1.54) is 0 Å². The van der Waals surface area contributed by atoms with Crippen LogP contribution < -0.4 is 16.2 Å². The molecule has 2 aromatic carbocycles. The molecule has 0 unspecified atom stereocenters. The van der Waals surface area contributed by atoms with E-state index in [0.29, 0.717) is 23.6 Å². The van der Waals surface area contributed by atoms with Crippen LogP contribution >= 0.6 is 15.9 Å². The van der Waals surface area contributed by atoms with Gasteiger partial charge in [-0.25, -0.2) is 0 Å². The van der Waals surface area contributed by atoms with Crippen LogP contribution in [0.3, 0.4) is 0 Å². The standard InChI is InChI=1S/C17H16BrN5O/c1-11(22-23-17(20)21)15-8-14(18)6-7-16(15)24-10-13-4-2-12(9-19)3-5-13/h2-8H,10H2,1H3,(H4,20,21,23)/b22-11+. The Balaban J connectivity index is 2.22. The lowest BCUT2D eigenvalue weighted by molar-refractivity contribution is 0.305. The minimum absolute atomic E-state index is 0.107. The van der Waals surface area contributed by atoms with Crippen molar-refractivity contribution in [1.29, 1.82) is 5.26 Å². The number of rotatable bonds is 5. The van der Waals surface area contributed by atoms with E-state index >= 15 is 0 Å². The third-order valence-corrected chi connectivity index (χ3v) is 3.62. The zero-order valence-electron chi connectivity index (χ0n) is 13.0. The number of hydrogen-bond donors (Lipinski definition) is 2. The normalized spacial score (nSPS) is 10.8. The highest BCUT2D eigenvalue weighted by Crippen LogP contribution is 2.25. The van der Waals surface area contributed by atoms with Gasteiger partial charge in [-0.15, -0.1) is 5.10 Å². The van der Waals surface area contributed by atoms with Gasteiger partial charge in [-0.05, 0) is 42.8 Å². The molecular weight excluding hydrogens is 370 g/mol. The Kier molecular flexibility index (Phi) is 5.93. The first-order valence-electron chi connectivity index (χ1n) is 7.04. The molecule has 0 aromatic heterocycles. The molecule has 0 atom stereocenters. The summed E-state index contributed by atoms with van der Waals surface area (Å²) in [6, 6.07) is 14.9. The lowest BCUT2D eigenvalue weighted by Gasteiger charge is -2.12. The molecule has 2 rings (SSSR count). The molecule has 6 nitrogen and oxygen atoms in total. The fraction of sp³-hybridized carbons (Fsp3) is 0.118. The zero-order valence-corrected chi connectivity index (χ0v) is 14.6. The molecule has 0 saturated heterocycles. The first-order valence-corrected chi connectivity index (χ1v) is 7.84. The summed E-state index contributed by atoms with van der Waals surface area (Å²) < 4.78 is 6.78. The number of hydrogen-bond acceptors (Lipinski definition) is 4. The van der Waals surface area contributed by atoms with Crippen LogP contribution in [0.2, 0.25) is 0 Å². The van der Waals surface area contributed by atoms with E-state index in [1.54, 1.807) is 19.1 Å². The van der Waals surface area contributed by atoms with Crippen molar-refractivity contribution in [2.24, 2.45) is 21.7 Å². The summed E-state index contributed by atoms with van der Waals surface area (Å²) in [5, 5.41) is 16.5. The molecule has 122 valence electrons. The largest absolute Gasteiger partial charge is 0.488 e. The highest BCUT2D eigenvalue weighted by molar-refractivity contribution is 9.10. The second-order valence-electron chi connectivity index (χ2n) is 4.95. The fourth-order valence-electron chi connectivity index (χ4n) is 1.93. The van der Waals surface area contributed by atoms with Crippen LogP contribution in [0.1, 0.15) is 23.6 Å². The molecule has 0 aliphatic rings. The van der Waals surface area contributed by atoms with E-state index in [-0.39, 0.29) is 5.96 Å². The lowest BCUT2D eigenvalue weighted by Crippen LogP contribution is -2.22. The highest BCUT2D eigenvalue weighted by Gasteiger charge is 2.09. The van der Waals surface area contributed by atoms with Crippen molar-refractivity contribution < 1.29 is 4.74 Å². The second-order valence-corrected chi connectivity index (χ2v) is 5.86. The van der Waals surface area contributed by atoms with Crippen LogP contribution in [0, 0.1) is 11.3 Å². The number of nitrogens with zero attached hydrogens (tertiary/aromatic N) is 3. The van der Waals surface area contributed by atoms with E-state index in [4.69, 9.17) is 21.5 Å². The Hall–Kier alpha value is -2.85. The van der Waals surface area contributed by atoms with Gasteiger partial charge >= 0.3 is 0 Å². The molecule has 0 amide bonds. The topological polar surface area (TPSA) is 110 Å². The summed E-state index contributed by atoms with van der Waals surface area (Å²) in [6.45, 7) is 2.17. The number of nitriles is 1. The number of guanidine groups is 1. The van der Waals surface area contributed by atoms with E-state index in [2.05, 4.69) is 32.2 Å². The van der Waals surface area contributed by atoms with Gasteiger partial charge in [-0.2, -0.15) is 10.4 Å². The Morgan fingerprint density at radius 3 is 2.50 bits per heavy atom. The quantitative estimate of drug-likeness (QED) is 0.468. The number of ether oxygens (including phenoxy) is 1. The van der Waals surface area contributed by atoms with Crippen molar-refractivity contribution in [1.82, 2.24) is 0 Å². The molecule has 7 heteroatoms. The highest BCUT2D eigenvalue weighted by atomic mass is 79.9. The summed E-state index contributed by atoms with van der Waals surface area (Å²) in [6.07, 6.45) is 0. The number of nitrogens with two attached hydrogens (primary N) is 2. The molecule has 0 radical (unpaired) electrons. The average Bonchev–Trinajstić information content (AvgIpc) is 2.59. The van der Waals surface area contributed by atoms with Gasteiger partial charge in [0.2, 0.25) is 5.96 Å². The summed E-state index contributed by atoms with van der Waals surface area (Å²) in [4.78, 5) is 0.